The van der Waals surface area contributed by atoms with Crippen molar-refractivity contribution in [3.8, 4) is 0 Å². The topological polar surface area (TPSA) is 0 Å². The van der Waals surface area contributed by atoms with E-state index in [2.05, 4.69) is 23.2 Å². The number of hydrogen-bond acceptors (Lipinski definition) is 0. The highest BCUT2D eigenvalue weighted by Gasteiger charge is 2.09. The van der Waals surface area contributed by atoms with Crippen molar-refractivity contribution in [2.45, 2.75) is 11.5 Å². The number of alkyl halides is 3. The predicted molar refractivity (Wildman–Crippen MR) is 23.7 cm³/mol. The molecule has 0 heterocycles. The van der Waals surface area contributed by atoms with Crippen LogP contribution in [0.15, 0.2) is 0 Å². The maximum Gasteiger partial charge on any atom is 0.254 e. The van der Waals surface area contributed by atoms with E-state index in [1.165, 1.54) is 0 Å². The Balaban J connectivity index is 0. The minimum atomic E-state index is -2.06. The molecule has 0 saturated heterocycles. The van der Waals surface area contributed by atoms with Crippen LogP contribution in [-0.4, -0.2) is 4.59 Å². The lowest BCUT2D eigenvalue weighted by Gasteiger charge is -1.92. The third-order valence-electron chi connectivity index (χ3n) is 0. The van der Waals surface area contributed by atoms with Gasteiger partial charge in [0.05, 0.1) is 0 Å². The van der Waals surface area contributed by atoms with E-state index in [0.29, 0.717) is 0 Å². The monoisotopic (exact) mass is 136 g/mol. The third kappa shape index (κ3) is 271. The highest BCUT2D eigenvalue weighted by molar-refractivity contribution is 6.46. The van der Waals surface area contributed by atoms with Gasteiger partial charge < -0.3 is 0 Å². The average molecular weight is 137 g/mol. The van der Waals surface area contributed by atoms with Crippen LogP contribution in [0.4, 0.5) is 9.09 Å². The zero-order valence-corrected chi connectivity index (χ0v) is 4.55. The Kier molecular flexibility index (Phi) is 4.17. The van der Waals surface area contributed by atoms with E-state index in [1.54, 1.807) is 0 Å². The smallest absolute Gasteiger partial charge is 0.254 e. The van der Waals surface area contributed by atoms with Gasteiger partial charge in [-0.05, 0) is 6.92 Å². The fraction of sp³-hybridized carbons (Fsp3) is 1.00. The highest BCUT2D eigenvalue weighted by Crippen LogP contribution is 2.19. The quantitative estimate of drug-likeness (QED) is 0.449. The molecule has 0 aliphatic carbocycles. The second-order valence-electron chi connectivity index (χ2n) is 0.781. The second-order valence-corrected chi connectivity index (χ2v) is 2.39. The standard InChI is InChI=1S/C2H3Cl2F.FH/c1-2(3,4)5;/h1H3;1H. The Morgan fingerprint density at radius 1 is 1.50 bits per heavy atom. The van der Waals surface area contributed by atoms with E-state index in [0.717, 1.165) is 6.92 Å². The van der Waals surface area contributed by atoms with E-state index < -0.39 is 4.59 Å². The molecule has 0 rings (SSSR count). The molecule has 0 atom stereocenters. The van der Waals surface area contributed by atoms with Crippen LogP contribution in [0.5, 0.6) is 0 Å². The van der Waals surface area contributed by atoms with Gasteiger partial charge in [-0.2, -0.15) is 0 Å². The molecule has 0 nitrogen and oxygen atoms in total. The van der Waals surface area contributed by atoms with Gasteiger partial charge in [0.2, 0.25) is 0 Å². The lowest BCUT2D eigenvalue weighted by atomic mass is 10.9. The molecule has 0 aliphatic heterocycles. The Bertz CT molecular complexity index is 25.0. The molecule has 0 aromatic rings. The summed E-state index contributed by atoms with van der Waals surface area (Å²) in [7, 11) is 0. The molecule has 0 bridgehead atoms. The Morgan fingerprint density at radius 2 is 1.50 bits per heavy atom. The van der Waals surface area contributed by atoms with Crippen LogP contribution in [0.1, 0.15) is 6.92 Å². The first-order valence-corrected chi connectivity index (χ1v) is 1.82. The summed E-state index contributed by atoms with van der Waals surface area (Å²) in [6.45, 7) is 1.05. The zero-order chi connectivity index (χ0) is 4.50. The lowest BCUT2D eigenvalue weighted by Crippen LogP contribution is -1.90. The fourth-order valence-corrected chi connectivity index (χ4v) is 0. The first kappa shape index (κ1) is 9.67. The van der Waals surface area contributed by atoms with Crippen LogP contribution in [0.3, 0.4) is 0 Å². The van der Waals surface area contributed by atoms with Gasteiger partial charge >= 0.3 is 0 Å². The Labute approximate surface area is 44.6 Å². The van der Waals surface area contributed by atoms with Crippen molar-refractivity contribution >= 4 is 23.2 Å². The van der Waals surface area contributed by atoms with Gasteiger partial charge in [0, 0.05) is 0 Å². The van der Waals surface area contributed by atoms with Gasteiger partial charge in [0.1, 0.15) is 0 Å². The molecule has 0 fully saturated rings. The summed E-state index contributed by atoms with van der Waals surface area (Å²) < 4.78 is 9.16. The normalized spacial score (nSPS) is 10.0. The van der Waals surface area contributed by atoms with E-state index in [9.17, 15) is 4.39 Å². The molecule has 40 valence electrons. The minimum absolute atomic E-state index is 0. The minimum Gasteiger partial charge on any atom is -0.269 e. The summed E-state index contributed by atoms with van der Waals surface area (Å²) in [4.78, 5) is 0. The molecule has 6 heavy (non-hydrogen) atoms. The average Bonchev–Trinajstić information content (AvgIpc) is 0.722. The number of halogens is 4. The van der Waals surface area contributed by atoms with Gasteiger partial charge in [0.15, 0.2) is 0 Å². The molecule has 0 unspecified atom stereocenters. The largest absolute Gasteiger partial charge is 0.269 e. The van der Waals surface area contributed by atoms with Crippen molar-refractivity contribution in [2.75, 3.05) is 0 Å². The molecule has 0 amide bonds. The molecule has 0 aliphatic rings. The SMILES string of the molecule is CC(F)(Cl)Cl.F. The van der Waals surface area contributed by atoms with Gasteiger partial charge in [-0.25, -0.2) is 4.39 Å². The second kappa shape index (κ2) is 2.59. The molecule has 0 aromatic carbocycles. The molecule has 0 spiro atoms. The Hall–Kier alpha value is 0.440. The molecule has 4 heteroatoms. The van der Waals surface area contributed by atoms with Gasteiger partial charge in [-0.3, -0.25) is 4.70 Å². The predicted octanol–water partition coefficient (Wildman–Crippen LogP) is 2.26. The summed E-state index contributed by atoms with van der Waals surface area (Å²) in [5, 5.41) is 0. The first-order valence-electron chi connectivity index (χ1n) is 1.07. The summed E-state index contributed by atoms with van der Waals surface area (Å²) in [6.07, 6.45) is 0. The van der Waals surface area contributed by atoms with Crippen molar-refractivity contribution in [3.63, 3.8) is 0 Å². The van der Waals surface area contributed by atoms with Gasteiger partial charge in [-0.1, -0.05) is 23.2 Å². The maximum absolute atomic E-state index is 11.2. The fourth-order valence-electron chi connectivity index (χ4n) is 0. The maximum atomic E-state index is 11.2. The van der Waals surface area contributed by atoms with Crippen LogP contribution in [0.2, 0.25) is 0 Å². The van der Waals surface area contributed by atoms with Crippen LogP contribution < -0.4 is 0 Å². The number of rotatable bonds is 0. The summed E-state index contributed by atoms with van der Waals surface area (Å²) >= 11 is 9.26. The number of hydrogen-bond donors (Lipinski definition) is 0. The van der Waals surface area contributed by atoms with E-state index >= 15 is 0 Å². The van der Waals surface area contributed by atoms with E-state index in [-0.39, 0.29) is 4.70 Å². The molecule has 0 saturated carbocycles. The van der Waals surface area contributed by atoms with Crippen molar-refractivity contribution in [1.82, 2.24) is 0 Å². The van der Waals surface area contributed by atoms with Crippen molar-refractivity contribution < 1.29 is 9.09 Å². The molecule has 0 radical (unpaired) electrons. The first-order chi connectivity index (χ1) is 2.00. The van der Waals surface area contributed by atoms with Crippen LogP contribution in [-0.2, 0) is 0 Å². The van der Waals surface area contributed by atoms with Crippen LogP contribution in [0, 0.1) is 0 Å². The summed E-state index contributed by atoms with van der Waals surface area (Å²) in [6, 6.07) is 0. The molecule has 0 aromatic heterocycles. The van der Waals surface area contributed by atoms with E-state index in [1.807, 2.05) is 0 Å². The molecular formula is C2H4Cl2F2. The van der Waals surface area contributed by atoms with Crippen molar-refractivity contribution in [2.24, 2.45) is 0 Å². The summed E-state index contributed by atoms with van der Waals surface area (Å²) in [5.41, 5.74) is 0. The lowest BCUT2D eigenvalue weighted by molar-refractivity contribution is 0.424. The molecular weight excluding hydrogens is 133 g/mol. The zero-order valence-electron chi connectivity index (χ0n) is 3.04. The van der Waals surface area contributed by atoms with Crippen LogP contribution >= 0.6 is 23.2 Å². The van der Waals surface area contributed by atoms with Crippen LogP contribution in [0.25, 0.3) is 0 Å². The molecule has 0 N–H and O–H groups in total. The highest BCUT2D eigenvalue weighted by atomic mass is 35.5. The third-order valence-corrected chi connectivity index (χ3v) is 0. The Morgan fingerprint density at radius 3 is 1.50 bits per heavy atom. The summed E-state index contributed by atoms with van der Waals surface area (Å²) in [5.74, 6) is 0. The van der Waals surface area contributed by atoms with Crippen molar-refractivity contribution in [1.29, 1.82) is 0 Å². The van der Waals surface area contributed by atoms with E-state index in [4.69, 9.17) is 0 Å². The van der Waals surface area contributed by atoms with Gasteiger partial charge in [0.25, 0.3) is 4.59 Å². The van der Waals surface area contributed by atoms with Crippen molar-refractivity contribution in [3.05, 3.63) is 0 Å². The van der Waals surface area contributed by atoms with Gasteiger partial charge in [-0.15, -0.1) is 0 Å².